The van der Waals surface area contributed by atoms with Crippen LogP contribution in [-0.4, -0.2) is 20.4 Å². The van der Waals surface area contributed by atoms with Crippen molar-refractivity contribution >= 4 is 28.2 Å². The number of benzene rings is 2. The molecule has 2 aromatic carbocycles. The Kier molecular flexibility index (Phi) is 4.90. The molecule has 27 heavy (non-hydrogen) atoms. The Morgan fingerprint density at radius 2 is 2.00 bits per heavy atom. The molecule has 0 aliphatic carbocycles. The highest BCUT2D eigenvalue weighted by Crippen LogP contribution is 2.16. The van der Waals surface area contributed by atoms with Gasteiger partial charge in [-0.05, 0) is 23.8 Å². The third-order valence-corrected chi connectivity index (χ3v) is 3.85. The van der Waals surface area contributed by atoms with Gasteiger partial charge < -0.3 is 5.32 Å². The lowest BCUT2D eigenvalue weighted by Gasteiger charge is -2.08. The average molecular weight is 363 g/mol. The molecule has 0 bridgehead atoms. The quantitative estimate of drug-likeness (QED) is 0.545. The van der Waals surface area contributed by atoms with E-state index < -0.39 is 16.4 Å². The van der Waals surface area contributed by atoms with E-state index in [0.29, 0.717) is 11.2 Å². The van der Waals surface area contributed by atoms with Gasteiger partial charge in [0.1, 0.15) is 6.54 Å². The first-order valence-corrected chi connectivity index (χ1v) is 7.87. The van der Waals surface area contributed by atoms with Crippen LogP contribution in [0.1, 0.15) is 5.56 Å². The number of anilines is 1. The smallest absolute Gasteiger partial charge is 0.270 e. The molecule has 0 aliphatic heterocycles. The van der Waals surface area contributed by atoms with Gasteiger partial charge in [0.25, 0.3) is 11.2 Å². The lowest BCUT2D eigenvalue weighted by Crippen LogP contribution is -2.27. The third kappa shape index (κ3) is 3.96. The molecule has 0 unspecified atom stereocenters. The van der Waals surface area contributed by atoms with Crippen LogP contribution in [0.4, 0.5) is 11.4 Å². The molecular formula is C18H13N5O4. The first kappa shape index (κ1) is 17.8. The van der Waals surface area contributed by atoms with Gasteiger partial charge in [0.2, 0.25) is 5.91 Å². The van der Waals surface area contributed by atoms with Crippen LogP contribution >= 0.6 is 0 Å². The number of nitrogens with zero attached hydrogens (tertiary/aromatic N) is 4. The lowest BCUT2D eigenvalue weighted by molar-refractivity contribution is -0.384. The van der Waals surface area contributed by atoms with Crippen LogP contribution in [0.3, 0.4) is 0 Å². The SMILES string of the molecule is N#CCc1ccc(NC(=O)Cn2cnc3ccc([N+](=O)[O-])cc3c2=O)cc1. The van der Waals surface area contributed by atoms with Crippen molar-refractivity contribution in [2.24, 2.45) is 0 Å². The fourth-order valence-corrected chi connectivity index (χ4v) is 2.53. The summed E-state index contributed by atoms with van der Waals surface area (Å²) in [5.74, 6) is -0.447. The van der Waals surface area contributed by atoms with Crippen molar-refractivity contribution < 1.29 is 9.72 Å². The number of nitrogens with one attached hydrogen (secondary N) is 1. The van der Waals surface area contributed by atoms with E-state index in [9.17, 15) is 19.7 Å². The number of rotatable bonds is 5. The highest BCUT2D eigenvalue weighted by Gasteiger charge is 2.12. The van der Waals surface area contributed by atoms with E-state index >= 15 is 0 Å². The van der Waals surface area contributed by atoms with Crippen molar-refractivity contribution in [3.63, 3.8) is 0 Å². The Bertz CT molecular complexity index is 1130. The molecule has 0 spiro atoms. The van der Waals surface area contributed by atoms with Gasteiger partial charge >= 0.3 is 0 Å². The Hall–Kier alpha value is -4.06. The molecule has 0 aliphatic rings. The van der Waals surface area contributed by atoms with Gasteiger partial charge in [-0.3, -0.25) is 24.3 Å². The summed E-state index contributed by atoms with van der Waals surface area (Å²) >= 11 is 0. The van der Waals surface area contributed by atoms with Gasteiger partial charge in [-0.1, -0.05) is 12.1 Å². The van der Waals surface area contributed by atoms with Crippen LogP contribution in [0.15, 0.2) is 53.6 Å². The third-order valence-electron chi connectivity index (χ3n) is 3.85. The topological polar surface area (TPSA) is 131 Å². The van der Waals surface area contributed by atoms with E-state index in [2.05, 4.69) is 10.3 Å². The molecule has 3 rings (SSSR count). The van der Waals surface area contributed by atoms with Gasteiger partial charge in [0.05, 0.1) is 34.6 Å². The number of hydrogen-bond acceptors (Lipinski definition) is 6. The maximum atomic E-state index is 12.5. The Morgan fingerprint density at radius 1 is 1.26 bits per heavy atom. The highest BCUT2D eigenvalue weighted by molar-refractivity contribution is 5.90. The van der Waals surface area contributed by atoms with Crippen LogP contribution < -0.4 is 10.9 Å². The second kappa shape index (κ2) is 7.45. The summed E-state index contributed by atoms with van der Waals surface area (Å²) in [5.41, 5.74) is 0.908. The van der Waals surface area contributed by atoms with E-state index in [0.717, 1.165) is 16.2 Å². The zero-order valence-electron chi connectivity index (χ0n) is 14.0. The highest BCUT2D eigenvalue weighted by atomic mass is 16.6. The number of amides is 1. The zero-order chi connectivity index (χ0) is 19.4. The number of nitro groups is 1. The molecule has 1 heterocycles. The number of carbonyl (C=O) groups excluding carboxylic acids is 1. The largest absolute Gasteiger partial charge is 0.325 e. The van der Waals surface area contributed by atoms with Crippen molar-refractivity contribution in [1.29, 1.82) is 5.26 Å². The average Bonchev–Trinajstić information content (AvgIpc) is 2.65. The monoisotopic (exact) mass is 363 g/mol. The molecule has 9 heteroatoms. The van der Waals surface area contributed by atoms with Crippen LogP contribution in [0.25, 0.3) is 10.9 Å². The molecule has 0 fully saturated rings. The first-order valence-electron chi connectivity index (χ1n) is 7.87. The van der Waals surface area contributed by atoms with Gasteiger partial charge in [0.15, 0.2) is 0 Å². The number of fused-ring (bicyclic) bond motifs is 1. The van der Waals surface area contributed by atoms with Crippen LogP contribution in [0.5, 0.6) is 0 Å². The number of nitro benzene ring substituents is 1. The Balaban J connectivity index is 1.80. The molecule has 0 saturated carbocycles. The van der Waals surface area contributed by atoms with Crippen LogP contribution in [0, 0.1) is 21.4 Å². The predicted molar refractivity (Wildman–Crippen MR) is 97.0 cm³/mol. The van der Waals surface area contributed by atoms with Gasteiger partial charge in [-0.15, -0.1) is 0 Å². The van der Waals surface area contributed by atoms with E-state index in [1.807, 2.05) is 6.07 Å². The minimum absolute atomic E-state index is 0.0698. The molecule has 0 saturated heterocycles. The number of hydrogen-bond donors (Lipinski definition) is 1. The molecule has 1 N–H and O–H groups in total. The summed E-state index contributed by atoms with van der Waals surface area (Å²) in [6.45, 7) is -0.287. The molecule has 1 amide bonds. The maximum absolute atomic E-state index is 12.5. The minimum atomic E-state index is -0.598. The zero-order valence-corrected chi connectivity index (χ0v) is 14.0. The maximum Gasteiger partial charge on any atom is 0.270 e. The van der Waals surface area contributed by atoms with E-state index in [-0.39, 0.29) is 24.0 Å². The van der Waals surface area contributed by atoms with Crippen molar-refractivity contribution in [3.05, 3.63) is 74.8 Å². The van der Waals surface area contributed by atoms with Crippen LogP contribution in [0.2, 0.25) is 0 Å². The Morgan fingerprint density at radius 3 is 2.67 bits per heavy atom. The summed E-state index contributed by atoms with van der Waals surface area (Å²) in [4.78, 5) is 39.0. The Labute approximate surface area is 152 Å². The fraction of sp³-hybridized carbons (Fsp3) is 0.111. The second-order valence-corrected chi connectivity index (χ2v) is 5.72. The van der Waals surface area contributed by atoms with Crippen molar-refractivity contribution in [1.82, 2.24) is 9.55 Å². The standard InChI is InChI=1S/C18H13N5O4/c19-8-7-12-1-3-13(4-2-12)21-17(24)10-22-11-20-16-6-5-14(23(26)27)9-15(16)18(22)25/h1-6,9,11H,7,10H2,(H,21,24). The van der Waals surface area contributed by atoms with E-state index in [1.165, 1.54) is 18.5 Å². The molecule has 0 radical (unpaired) electrons. The van der Waals surface area contributed by atoms with Gasteiger partial charge in [0, 0.05) is 17.8 Å². The normalized spacial score (nSPS) is 10.3. The number of non-ortho nitro benzene ring substituents is 1. The van der Waals surface area contributed by atoms with Crippen molar-refractivity contribution in [3.8, 4) is 6.07 Å². The number of nitriles is 1. The number of aromatic nitrogens is 2. The summed E-state index contributed by atoms with van der Waals surface area (Å²) in [6.07, 6.45) is 1.50. The predicted octanol–water partition coefficient (Wildman–Crippen LogP) is 2.01. The second-order valence-electron chi connectivity index (χ2n) is 5.72. The van der Waals surface area contributed by atoms with Crippen molar-refractivity contribution in [2.75, 3.05) is 5.32 Å². The summed E-state index contributed by atoms with van der Waals surface area (Å²) in [6, 6.07) is 12.6. The first-order chi connectivity index (χ1) is 13.0. The van der Waals surface area contributed by atoms with E-state index in [1.54, 1.807) is 24.3 Å². The summed E-state index contributed by atoms with van der Waals surface area (Å²) < 4.78 is 1.09. The van der Waals surface area contributed by atoms with Gasteiger partial charge in [-0.2, -0.15) is 5.26 Å². The summed E-state index contributed by atoms with van der Waals surface area (Å²) in [5, 5.41) is 22.2. The molecule has 0 atom stereocenters. The van der Waals surface area contributed by atoms with E-state index in [4.69, 9.17) is 5.26 Å². The molecule has 9 nitrogen and oxygen atoms in total. The lowest BCUT2D eigenvalue weighted by atomic mass is 10.1. The van der Waals surface area contributed by atoms with Crippen LogP contribution in [-0.2, 0) is 17.8 Å². The molecule has 1 aromatic heterocycles. The summed E-state index contributed by atoms with van der Waals surface area (Å²) in [7, 11) is 0. The fourth-order valence-electron chi connectivity index (χ4n) is 2.53. The molecule has 134 valence electrons. The van der Waals surface area contributed by atoms with Crippen molar-refractivity contribution in [2.45, 2.75) is 13.0 Å². The van der Waals surface area contributed by atoms with Gasteiger partial charge in [-0.25, -0.2) is 4.98 Å². The minimum Gasteiger partial charge on any atom is -0.325 e. The molecule has 3 aromatic rings. The number of carbonyl (C=O) groups is 1. The molecular weight excluding hydrogens is 350 g/mol.